The van der Waals surface area contributed by atoms with Crippen LogP contribution < -0.4 is 9.47 Å². The number of alkyl halides is 3. The number of fused-ring (bicyclic) bond motifs is 2. The first kappa shape index (κ1) is 31.9. The number of imidazole rings is 1. The third-order valence-electron chi connectivity index (χ3n) is 9.38. The smallest absolute Gasteiger partial charge is 0.444 e. The molecule has 2 aromatic carbocycles. The van der Waals surface area contributed by atoms with Crippen molar-refractivity contribution in [2.45, 2.75) is 63.3 Å². The minimum absolute atomic E-state index is 0.0266. The first-order valence-electron chi connectivity index (χ1n) is 15.8. The van der Waals surface area contributed by atoms with Crippen LogP contribution in [0.25, 0.3) is 22.6 Å². The van der Waals surface area contributed by atoms with Gasteiger partial charge in [0, 0.05) is 24.1 Å². The third-order valence-corrected chi connectivity index (χ3v) is 9.61. The summed E-state index contributed by atoms with van der Waals surface area (Å²) in [5.74, 6) is -3.12. The fourth-order valence-corrected chi connectivity index (χ4v) is 6.87. The van der Waals surface area contributed by atoms with Crippen LogP contribution in [0.5, 0.6) is 11.5 Å². The van der Waals surface area contributed by atoms with E-state index in [4.69, 9.17) is 30.8 Å². The molecule has 0 radical (unpaired) electrons. The second kappa shape index (κ2) is 11.9. The first-order chi connectivity index (χ1) is 23.4. The molecule has 3 aromatic heterocycles. The second-order valence-electron chi connectivity index (χ2n) is 12.6. The Kier molecular flexibility index (Phi) is 7.76. The van der Waals surface area contributed by atoms with Gasteiger partial charge in [-0.1, -0.05) is 17.7 Å². The molecule has 2 fully saturated rings. The minimum Gasteiger partial charge on any atom is -0.444 e. The van der Waals surface area contributed by atoms with Crippen LogP contribution in [0, 0.1) is 11.6 Å². The van der Waals surface area contributed by atoms with Gasteiger partial charge in [-0.3, -0.25) is 15.0 Å². The molecule has 2 atom stereocenters. The molecule has 16 heteroatoms. The molecule has 0 spiro atoms. The van der Waals surface area contributed by atoms with Crippen molar-refractivity contribution < 1.29 is 36.2 Å². The van der Waals surface area contributed by atoms with Gasteiger partial charge < -0.3 is 18.8 Å². The lowest BCUT2D eigenvalue weighted by Crippen LogP contribution is -2.35. The molecule has 3 aliphatic rings. The van der Waals surface area contributed by atoms with Gasteiger partial charge in [0.1, 0.15) is 17.3 Å². The molecule has 256 valence electrons. The Bertz CT molecular complexity index is 2060. The molecule has 10 nitrogen and oxygen atoms in total. The summed E-state index contributed by atoms with van der Waals surface area (Å²) in [5.41, 5.74) is 2.37. The zero-order chi connectivity index (χ0) is 34.1. The Morgan fingerprint density at radius 3 is 2.47 bits per heavy atom. The summed E-state index contributed by atoms with van der Waals surface area (Å²) in [6, 6.07) is 8.81. The molecular formula is C33H29ClF5N7O3. The van der Waals surface area contributed by atoms with Crippen LogP contribution in [0.4, 0.5) is 22.0 Å². The van der Waals surface area contributed by atoms with Crippen molar-refractivity contribution in [3.8, 4) is 23.0 Å². The van der Waals surface area contributed by atoms with Crippen molar-refractivity contribution in [3.05, 3.63) is 82.0 Å². The molecular weight excluding hydrogens is 673 g/mol. The van der Waals surface area contributed by atoms with Gasteiger partial charge in [0.05, 0.1) is 42.0 Å². The Morgan fingerprint density at radius 1 is 1.00 bits per heavy atom. The molecule has 0 bridgehead atoms. The highest BCUT2D eigenvalue weighted by molar-refractivity contribution is 6.30. The summed E-state index contributed by atoms with van der Waals surface area (Å²) in [6.45, 7) is 4.71. The highest BCUT2D eigenvalue weighted by atomic mass is 35.5. The molecule has 0 saturated carbocycles. The summed E-state index contributed by atoms with van der Waals surface area (Å²) in [4.78, 5) is 15.1. The molecule has 0 amide bonds. The van der Waals surface area contributed by atoms with Gasteiger partial charge in [0.25, 0.3) is 5.79 Å². The SMILES string of the molecule is CC1(c2ccc(Cl)cc2F)Oc2c(F)ccc(C3CCN(Cc4nc5cc(-c6n[nH]c(C(F)(F)F)n6)ncc5n4CC4CCO4)CC3)c2O1. The van der Waals surface area contributed by atoms with Crippen LogP contribution >= 0.6 is 11.6 Å². The van der Waals surface area contributed by atoms with E-state index in [0.29, 0.717) is 38.3 Å². The molecule has 6 heterocycles. The second-order valence-corrected chi connectivity index (χ2v) is 13.0. The van der Waals surface area contributed by atoms with E-state index < -0.39 is 29.4 Å². The number of piperidine rings is 1. The average Bonchev–Trinajstić information content (AvgIpc) is 3.76. The number of nitrogens with zero attached hydrogens (tertiary/aromatic N) is 6. The van der Waals surface area contributed by atoms with E-state index in [2.05, 4.69) is 24.5 Å². The lowest BCUT2D eigenvalue weighted by Gasteiger charge is -2.33. The lowest BCUT2D eigenvalue weighted by atomic mass is 9.88. The van der Waals surface area contributed by atoms with E-state index in [1.54, 1.807) is 25.3 Å². The maximum Gasteiger partial charge on any atom is 0.451 e. The maximum absolute atomic E-state index is 15.0. The number of aromatic nitrogens is 6. The van der Waals surface area contributed by atoms with Crippen molar-refractivity contribution in [2.75, 3.05) is 19.7 Å². The number of rotatable bonds is 7. The molecule has 3 aliphatic heterocycles. The van der Waals surface area contributed by atoms with Crippen molar-refractivity contribution in [1.29, 1.82) is 0 Å². The van der Waals surface area contributed by atoms with E-state index in [1.165, 1.54) is 18.2 Å². The zero-order valence-electron chi connectivity index (χ0n) is 26.0. The number of pyridine rings is 1. The molecule has 49 heavy (non-hydrogen) atoms. The van der Waals surface area contributed by atoms with Crippen LogP contribution in [0.15, 0.2) is 42.6 Å². The average molecular weight is 702 g/mol. The molecule has 1 N–H and O–H groups in total. The first-order valence-corrected chi connectivity index (χ1v) is 16.2. The third kappa shape index (κ3) is 5.87. The van der Waals surface area contributed by atoms with Gasteiger partial charge >= 0.3 is 6.18 Å². The number of benzene rings is 2. The Labute approximate surface area is 281 Å². The van der Waals surface area contributed by atoms with E-state index in [1.807, 2.05) is 5.10 Å². The number of H-pyrrole nitrogens is 1. The van der Waals surface area contributed by atoms with Crippen molar-refractivity contribution in [2.24, 2.45) is 0 Å². The van der Waals surface area contributed by atoms with Gasteiger partial charge in [-0.2, -0.15) is 18.3 Å². The van der Waals surface area contributed by atoms with Crippen molar-refractivity contribution in [3.63, 3.8) is 0 Å². The fraction of sp³-hybridized carbons (Fsp3) is 0.394. The van der Waals surface area contributed by atoms with Crippen LogP contribution in [0.1, 0.15) is 54.9 Å². The Hall–Kier alpha value is -4.34. The highest BCUT2D eigenvalue weighted by Crippen LogP contribution is 2.51. The standard InChI is InChI=1S/C33H29ClF5N7O3/c1-32(21-4-2-18(34)12-23(21)36)48-28-20(3-5-22(35)29(28)49-32)17-6-9-45(10-7-17)16-27-41-24-13-25(30-42-31(44-43-30)33(37,38)39)40-14-26(24)46(27)15-19-8-11-47-19/h2-5,12-14,17,19H,6-11,15-16H2,1H3,(H,42,43,44). The Balaban J connectivity index is 1.01. The molecule has 5 aromatic rings. The normalized spacial score (nSPS) is 21.4. The van der Waals surface area contributed by atoms with E-state index in [0.717, 1.165) is 42.2 Å². The summed E-state index contributed by atoms with van der Waals surface area (Å²) < 4.78 is 89.0. The molecule has 2 unspecified atom stereocenters. The van der Waals surface area contributed by atoms with Crippen molar-refractivity contribution >= 4 is 22.6 Å². The largest absolute Gasteiger partial charge is 0.451 e. The van der Waals surface area contributed by atoms with Crippen LogP contribution in [0.2, 0.25) is 5.02 Å². The monoisotopic (exact) mass is 701 g/mol. The summed E-state index contributed by atoms with van der Waals surface area (Å²) in [6.07, 6.45) is -0.676. The fourth-order valence-electron chi connectivity index (χ4n) is 6.71. The Morgan fingerprint density at radius 2 is 1.78 bits per heavy atom. The van der Waals surface area contributed by atoms with Crippen LogP contribution in [-0.2, 0) is 29.8 Å². The molecule has 2 saturated heterocycles. The van der Waals surface area contributed by atoms with Gasteiger partial charge in [-0.05, 0) is 68.6 Å². The number of aromatic amines is 1. The van der Waals surface area contributed by atoms with Gasteiger partial charge in [-0.15, -0.1) is 0 Å². The number of hydrogen-bond acceptors (Lipinski definition) is 8. The quantitative estimate of drug-likeness (QED) is 0.182. The summed E-state index contributed by atoms with van der Waals surface area (Å²) >= 11 is 5.94. The van der Waals surface area contributed by atoms with E-state index >= 15 is 0 Å². The number of hydrogen-bond donors (Lipinski definition) is 1. The van der Waals surface area contributed by atoms with E-state index in [9.17, 15) is 22.0 Å². The maximum atomic E-state index is 15.0. The van der Waals surface area contributed by atoms with Gasteiger partial charge in [0.2, 0.25) is 11.6 Å². The molecule has 8 rings (SSSR count). The van der Waals surface area contributed by atoms with Crippen LogP contribution in [0.3, 0.4) is 0 Å². The number of nitrogens with one attached hydrogen (secondary N) is 1. The molecule has 0 aliphatic carbocycles. The topological polar surface area (TPSA) is 103 Å². The predicted octanol–water partition coefficient (Wildman–Crippen LogP) is 6.98. The zero-order valence-corrected chi connectivity index (χ0v) is 26.8. The van der Waals surface area contributed by atoms with Crippen LogP contribution in [-0.4, -0.2) is 60.4 Å². The van der Waals surface area contributed by atoms with E-state index in [-0.39, 0.29) is 45.6 Å². The minimum atomic E-state index is -4.66. The number of ether oxygens (including phenoxy) is 3. The predicted molar refractivity (Wildman–Crippen MR) is 166 cm³/mol. The lowest BCUT2D eigenvalue weighted by molar-refractivity contribution is -0.144. The highest BCUT2D eigenvalue weighted by Gasteiger charge is 2.44. The van der Waals surface area contributed by atoms with Gasteiger partial charge in [0.15, 0.2) is 17.4 Å². The summed E-state index contributed by atoms with van der Waals surface area (Å²) in [7, 11) is 0. The van der Waals surface area contributed by atoms with Gasteiger partial charge in [-0.25, -0.2) is 18.7 Å². The number of halogens is 6. The van der Waals surface area contributed by atoms with Crippen molar-refractivity contribution in [1.82, 2.24) is 34.6 Å². The summed E-state index contributed by atoms with van der Waals surface area (Å²) in [5, 5.41) is 5.85. The number of likely N-dealkylation sites (tertiary alicyclic amines) is 1.